The molecule has 0 aliphatic carbocycles. The number of aromatic nitrogens is 2. The number of carbonyl (C=O) groups excluding carboxylic acids is 1. The number of rotatable bonds is 5. The molecule has 1 atom stereocenters. The number of anilines is 1. The topological polar surface area (TPSA) is 61.0 Å². The van der Waals surface area contributed by atoms with Crippen LogP contribution < -0.4 is 10.2 Å². The molecule has 7 heteroatoms. The molecule has 1 amide bonds. The summed E-state index contributed by atoms with van der Waals surface area (Å²) < 4.78 is 1.03. The van der Waals surface area contributed by atoms with E-state index in [0.29, 0.717) is 13.1 Å². The van der Waals surface area contributed by atoms with Gasteiger partial charge < -0.3 is 15.2 Å². The number of fused-ring (bicyclic) bond motifs is 1. The summed E-state index contributed by atoms with van der Waals surface area (Å²) in [5.41, 5.74) is 1.96. The molecule has 4 rings (SSSR count). The van der Waals surface area contributed by atoms with Gasteiger partial charge in [0, 0.05) is 29.0 Å². The highest BCUT2D eigenvalue weighted by Crippen LogP contribution is 2.25. The zero-order valence-electron chi connectivity index (χ0n) is 14.4. The van der Waals surface area contributed by atoms with Gasteiger partial charge in [-0.2, -0.15) is 0 Å². The maximum atomic E-state index is 12.5. The number of hydrogen-bond donors (Lipinski definition) is 2. The predicted octanol–water partition coefficient (Wildman–Crippen LogP) is 3.96. The van der Waals surface area contributed by atoms with Gasteiger partial charge in [-0.25, -0.2) is 4.98 Å². The summed E-state index contributed by atoms with van der Waals surface area (Å²) in [5.74, 6) is 1.03. The van der Waals surface area contributed by atoms with Gasteiger partial charge in [-0.3, -0.25) is 4.79 Å². The smallest absolute Gasteiger partial charge is 0.224 e. The fraction of sp³-hybridized carbons (Fsp3) is 0.368. The van der Waals surface area contributed by atoms with E-state index in [1.165, 1.54) is 4.88 Å². The van der Waals surface area contributed by atoms with Crippen LogP contribution in [0.2, 0.25) is 0 Å². The Kier molecular flexibility index (Phi) is 5.26. The van der Waals surface area contributed by atoms with Crippen molar-refractivity contribution in [3.05, 3.63) is 45.1 Å². The quantitative estimate of drug-likeness (QED) is 0.641. The first-order valence-electron chi connectivity index (χ1n) is 8.89. The first-order valence-corrected chi connectivity index (χ1v) is 10.6. The molecular weight excluding hydrogens is 412 g/mol. The van der Waals surface area contributed by atoms with Crippen LogP contribution in [0.15, 0.2) is 40.2 Å². The summed E-state index contributed by atoms with van der Waals surface area (Å²) in [5, 5.41) is 5.17. The highest BCUT2D eigenvalue weighted by molar-refractivity contribution is 9.10. The van der Waals surface area contributed by atoms with Crippen molar-refractivity contribution in [2.75, 3.05) is 24.5 Å². The van der Waals surface area contributed by atoms with Crippen LogP contribution in [0, 0.1) is 5.92 Å². The lowest BCUT2D eigenvalue weighted by Crippen LogP contribution is -2.43. The molecule has 0 spiro atoms. The Bertz CT molecular complexity index is 892. The van der Waals surface area contributed by atoms with E-state index in [4.69, 9.17) is 0 Å². The van der Waals surface area contributed by atoms with E-state index in [9.17, 15) is 4.79 Å². The van der Waals surface area contributed by atoms with Crippen molar-refractivity contribution in [1.29, 1.82) is 0 Å². The molecule has 3 heterocycles. The maximum absolute atomic E-state index is 12.5. The Labute approximate surface area is 164 Å². The number of halogens is 1. The Hall–Kier alpha value is -1.86. The van der Waals surface area contributed by atoms with Gasteiger partial charge in [0.15, 0.2) is 0 Å². The molecule has 0 bridgehead atoms. The summed E-state index contributed by atoms with van der Waals surface area (Å²) in [6, 6.07) is 10.2. The number of piperidine rings is 1. The molecule has 1 aliphatic rings. The Morgan fingerprint density at radius 1 is 1.42 bits per heavy atom. The van der Waals surface area contributed by atoms with Crippen molar-refractivity contribution < 1.29 is 4.79 Å². The predicted molar refractivity (Wildman–Crippen MR) is 110 cm³/mol. The summed E-state index contributed by atoms with van der Waals surface area (Å²) >= 11 is 5.23. The van der Waals surface area contributed by atoms with Crippen LogP contribution >= 0.6 is 27.3 Å². The van der Waals surface area contributed by atoms with Crippen molar-refractivity contribution >= 4 is 50.2 Å². The minimum Gasteiger partial charge on any atom is -0.355 e. The molecular formula is C19H21BrN4OS. The second-order valence-corrected chi connectivity index (χ2v) is 8.58. The SMILES string of the molecule is O=C(NCCc1cccs1)C1CCCN(c2nc3ccc(Br)cc3[nH]2)C1. The first kappa shape index (κ1) is 17.5. The summed E-state index contributed by atoms with van der Waals surface area (Å²) in [4.78, 5) is 24.1. The van der Waals surface area contributed by atoms with Crippen LogP contribution in [0.3, 0.4) is 0 Å². The largest absolute Gasteiger partial charge is 0.355 e. The lowest BCUT2D eigenvalue weighted by molar-refractivity contribution is -0.125. The number of H-pyrrole nitrogens is 1. The standard InChI is InChI=1S/C19H21BrN4OS/c20-14-5-6-16-17(11-14)23-19(22-16)24-9-1-3-13(12-24)18(25)21-8-7-15-4-2-10-26-15/h2,4-6,10-11,13H,1,3,7-9,12H2,(H,21,25)(H,22,23). The van der Waals surface area contributed by atoms with Crippen molar-refractivity contribution in [2.45, 2.75) is 19.3 Å². The lowest BCUT2D eigenvalue weighted by Gasteiger charge is -2.31. The third-order valence-corrected chi connectivity index (χ3v) is 6.20. The summed E-state index contributed by atoms with van der Waals surface area (Å²) in [6.07, 6.45) is 2.84. The molecule has 1 aliphatic heterocycles. The number of hydrogen-bond acceptors (Lipinski definition) is 4. The second-order valence-electron chi connectivity index (χ2n) is 6.63. The molecule has 1 fully saturated rings. The van der Waals surface area contributed by atoms with E-state index in [2.05, 4.69) is 47.6 Å². The number of nitrogens with one attached hydrogen (secondary N) is 2. The van der Waals surface area contributed by atoms with E-state index >= 15 is 0 Å². The molecule has 3 aromatic rings. The van der Waals surface area contributed by atoms with Crippen LogP contribution in [0.5, 0.6) is 0 Å². The van der Waals surface area contributed by atoms with Gasteiger partial charge in [0.2, 0.25) is 11.9 Å². The minimum absolute atomic E-state index is 0.0204. The second kappa shape index (κ2) is 7.80. The number of amides is 1. The fourth-order valence-corrected chi connectivity index (χ4v) is 4.48. The van der Waals surface area contributed by atoms with Gasteiger partial charge in [0.25, 0.3) is 0 Å². The zero-order valence-corrected chi connectivity index (χ0v) is 16.8. The van der Waals surface area contributed by atoms with Gasteiger partial charge in [0.05, 0.1) is 17.0 Å². The number of carbonyl (C=O) groups is 1. The van der Waals surface area contributed by atoms with Crippen LogP contribution in [-0.2, 0) is 11.2 Å². The number of thiophene rings is 1. The van der Waals surface area contributed by atoms with E-state index in [-0.39, 0.29) is 11.8 Å². The van der Waals surface area contributed by atoms with Crippen LogP contribution in [0.4, 0.5) is 5.95 Å². The van der Waals surface area contributed by atoms with E-state index in [1.807, 2.05) is 24.3 Å². The van der Waals surface area contributed by atoms with Crippen molar-refractivity contribution in [2.24, 2.45) is 5.92 Å². The third kappa shape index (κ3) is 3.94. The normalized spacial score (nSPS) is 17.6. The average Bonchev–Trinajstić information content (AvgIpc) is 3.31. The zero-order chi connectivity index (χ0) is 17.9. The van der Waals surface area contributed by atoms with Gasteiger partial charge >= 0.3 is 0 Å². The highest BCUT2D eigenvalue weighted by atomic mass is 79.9. The van der Waals surface area contributed by atoms with Gasteiger partial charge in [-0.15, -0.1) is 11.3 Å². The summed E-state index contributed by atoms with van der Waals surface area (Å²) in [6.45, 7) is 2.35. The molecule has 0 radical (unpaired) electrons. The molecule has 1 unspecified atom stereocenters. The van der Waals surface area contributed by atoms with Gasteiger partial charge in [-0.1, -0.05) is 22.0 Å². The number of imidazole rings is 1. The van der Waals surface area contributed by atoms with E-state index < -0.39 is 0 Å². The highest BCUT2D eigenvalue weighted by Gasteiger charge is 2.27. The van der Waals surface area contributed by atoms with Crippen molar-refractivity contribution in [3.8, 4) is 0 Å². The monoisotopic (exact) mass is 432 g/mol. The number of nitrogens with zero attached hydrogens (tertiary/aromatic N) is 2. The number of benzene rings is 1. The number of aromatic amines is 1. The Morgan fingerprint density at radius 2 is 2.35 bits per heavy atom. The molecule has 2 N–H and O–H groups in total. The van der Waals surface area contributed by atoms with Crippen LogP contribution in [-0.4, -0.2) is 35.5 Å². The molecule has 0 saturated carbocycles. The lowest BCUT2D eigenvalue weighted by atomic mass is 9.97. The van der Waals surface area contributed by atoms with Gasteiger partial charge in [0.1, 0.15) is 0 Å². The average molecular weight is 433 g/mol. The van der Waals surface area contributed by atoms with Crippen LogP contribution in [0.25, 0.3) is 11.0 Å². The van der Waals surface area contributed by atoms with Crippen molar-refractivity contribution in [3.63, 3.8) is 0 Å². The van der Waals surface area contributed by atoms with Crippen LogP contribution in [0.1, 0.15) is 17.7 Å². The molecule has 2 aromatic heterocycles. The fourth-order valence-electron chi connectivity index (χ4n) is 3.41. The minimum atomic E-state index is 0.0204. The molecule has 5 nitrogen and oxygen atoms in total. The summed E-state index contributed by atoms with van der Waals surface area (Å²) in [7, 11) is 0. The third-order valence-electron chi connectivity index (χ3n) is 4.77. The van der Waals surface area contributed by atoms with E-state index in [1.54, 1.807) is 11.3 Å². The first-order chi connectivity index (χ1) is 12.7. The maximum Gasteiger partial charge on any atom is 0.224 e. The van der Waals surface area contributed by atoms with E-state index in [0.717, 1.165) is 47.3 Å². The van der Waals surface area contributed by atoms with Gasteiger partial charge in [-0.05, 0) is 48.9 Å². The van der Waals surface area contributed by atoms with Crippen molar-refractivity contribution in [1.82, 2.24) is 15.3 Å². The molecule has 1 aromatic carbocycles. The Balaban J connectivity index is 1.37. The molecule has 136 valence electrons. The molecule has 26 heavy (non-hydrogen) atoms. The Morgan fingerprint density at radius 3 is 3.19 bits per heavy atom. The molecule has 1 saturated heterocycles.